The van der Waals surface area contributed by atoms with Crippen molar-refractivity contribution in [3.8, 4) is 17.5 Å². The van der Waals surface area contributed by atoms with Gasteiger partial charge in [-0.1, -0.05) is 53.7 Å². The lowest BCUT2D eigenvalue weighted by Crippen LogP contribution is -2.49. The summed E-state index contributed by atoms with van der Waals surface area (Å²) in [7, 11) is 0. The maximum absolute atomic E-state index is 12.1. The number of nitrogens with one attached hydrogen (secondary N) is 1. The van der Waals surface area contributed by atoms with Crippen LogP contribution in [0, 0.1) is 17.2 Å². The number of benzene rings is 1. The van der Waals surface area contributed by atoms with E-state index in [-0.39, 0.29) is 17.6 Å². The van der Waals surface area contributed by atoms with E-state index < -0.39 is 5.54 Å². The molecule has 0 saturated heterocycles. The molecule has 132 valence electrons. The second-order valence-electron chi connectivity index (χ2n) is 5.96. The van der Waals surface area contributed by atoms with Gasteiger partial charge >= 0.3 is 0 Å². The highest BCUT2D eigenvalue weighted by Crippen LogP contribution is 2.28. The molecule has 1 unspecified atom stereocenters. The molecule has 0 fully saturated rings. The molecule has 1 heterocycles. The number of nitrogens with two attached hydrogens (primary N) is 1. The first-order chi connectivity index (χ1) is 11.8. The molecule has 0 aliphatic rings. The maximum Gasteiger partial charge on any atom is 0.231 e. The Bertz CT molecular complexity index is 815. The van der Waals surface area contributed by atoms with Crippen molar-refractivity contribution in [1.29, 1.82) is 5.26 Å². The molecule has 9 heteroatoms. The van der Waals surface area contributed by atoms with E-state index in [2.05, 4.69) is 37.5 Å². The summed E-state index contributed by atoms with van der Waals surface area (Å²) in [5.41, 5.74) is -0.0978. The van der Waals surface area contributed by atoms with E-state index in [1.165, 1.54) is 16.4 Å². The number of hydrogen-bond donors (Lipinski definition) is 2. The van der Waals surface area contributed by atoms with Crippen molar-refractivity contribution in [2.75, 3.05) is 11.6 Å². The van der Waals surface area contributed by atoms with E-state index >= 15 is 0 Å². The van der Waals surface area contributed by atoms with Crippen molar-refractivity contribution in [3.63, 3.8) is 0 Å². The van der Waals surface area contributed by atoms with Gasteiger partial charge in [0.25, 0.3) is 0 Å². The van der Waals surface area contributed by atoms with Gasteiger partial charge in [-0.05, 0) is 25.0 Å². The number of amides is 1. The largest absolute Gasteiger partial charge is 0.337 e. The molecular weight excluding hydrogens is 404 g/mol. The topological polar surface area (TPSA) is 110 Å². The fourth-order valence-electron chi connectivity index (χ4n) is 1.96. The van der Waals surface area contributed by atoms with Gasteiger partial charge in [0.05, 0.1) is 11.8 Å². The number of aromatic nitrogens is 3. The van der Waals surface area contributed by atoms with Crippen LogP contribution in [0.3, 0.4) is 0 Å². The standard InChI is InChI=1S/C16H19BrN6OS/c1-10(2)16(3,9-18)20-13(24)8-25-15-22-21-14(23(15)19)11-6-4-5-7-12(11)17/h4-7,10H,8,19H2,1-3H3,(H,20,24). The van der Waals surface area contributed by atoms with Crippen LogP contribution in [0.4, 0.5) is 0 Å². The summed E-state index contributed by atoms with van der Waals surface area (Å²) in [6, 6.07) is 9.68. The number of halogens is 1. The molecule has 0 spiro atoms. The zero-order valence-corrected chi connectivity index (χ0v) is 16.6. The molecule has 0 saturated carbocycles. The van der Waals surface area contributed by atoms with E-state index in [1.54, 1.807) is 6.92 Å². The van der Waals surface area contributed by atoms with Crippen LogP contribution in [-0.2, 0) is 4.79 Å². The van der Waals surface area contributed by atoms with Crippen molar-refractivity contribution < 1.29 is 4.79 Å². The number of nitrogen functional groups attached to an aromatic ring is 1. The minimum absolute atomic E-state index is 0.00774. The second-order valence-corrected chi connectivity index (χ2v) is 7.76. The number of thioether (sulfide) groups is 1. The monoisotopic (exact) mass is 422 g/mol. The Kier molecular flexibility index (Phi) is 6.08. The fourth-order valence-corrected chi connectivity index (χ4v) is 3.08. The molecule has 0 aliphatic carbocycles. The fraction of sp³-hybridized carbons (Fsp3) is 0.375. The molecule has 0 aliphatic heterocycles. The van der Waals surface area contributed by atoms with Crippen molar-refractivity contribution in [3.05, 3.63) is 28.7 Å². The highest BCUT2D eigenvalue weighted by atomic mass is 79.9. The third-order valence-corrected chi connectivity index (χ3v) is 5.53. The molecule has 1 atom stereocenters. The summed E-state index contributed by atoms with van der Waals surface area (Å²) in [5, 5.41) is 20.6. The Morgan fingerprint density at radius 1 is 1.48 bits per heavy atom. The van der Waals surface area contributed by atoms with E-state index in [1.807, 2.05) is 38.1 Å². The summed E-state index contributed by atoms with van der Waals surface area (Å²) in [6.07, 6.45) is 0. The lowest BCUT2D eigenvalue weighted by molar-refractivity contribution is -0.120. The van der Waals surface area contributed by atoms with Gasteiger partial charge in [0.1, 0.15) is 5.54 Å². The van der Waals surface area contributed by atoms with Crippen LogP contribution in [0.1, 0.15) is 20.8 Å². The molecule has 3 N–H and O–H groups in total. The molecule has 2 rings (SSSR count). The number of rotatable bonds is 6. The van der Waals surface area contributed by atoms with Crippen LogP contribution in [0.15, 0.2) is 33.9 Å². The van der Waals surface area contributed by atoms with Crippen LogP contribution in [0.5, 0.6) is 0 Å². The van der Waals surface area contributed by atoms with Crippen LogP contribution in [-0.4, -0.2) is 32.1 Å². The normalized spacial score (nSPS) is 13.3. The highest BCUT2D eigenvalue weighted by molar-refractivity contribution is 9.10. The van der Waals surface area contributed by atoms with E-state index in [0.717, 1.165) is 10.0 Å². The predicted octanol–water partition coefficient (Wildman–Crippen LogP) is 2.57. The summed E-state index contributed by atoms with van der Waals surface area (Å²) in [5.74, 6) is 6.39. The van der Waals surface area contributed by atoms with Gasteiger partial charge in [-0.2, -0.15) is 5.26 Å². The van der Waals surface area contributed by atoms with E-state index in [4.69, 9.17) is 5.84 Å². The Morgan fingerprint density at radius 2 is 2.16 bits per heavy atom. The van der Waals surface area contributed by atoms with Crippen molar-refractivity contribution in [2.24, 2.45) is 5.92 Å². The minimum atomic E-state index is -0.909. The van der Waals surface area contributed by atoms with Crippen LogP contribution < -0.4 is 11.2 Å². The molecule has 1 aromatic carbocycles. The number of carbonyl (C=O) groups is 1. The SMILES string of the molecule is CC(C)C(C)(C#N)NC(=O)CSc1nnc(-c2ccccc2Br)n1N. The highest BCUT2D eigenvalue weighted by Gasteiger charge is 2.30. The minimum Gasteiger partial charge on any atom is -0.337 e. The van der Waals surface area contributed by atoms with Gasteiger partial charge in [0.2, 0.25) is 11.1 Å². The van der Waals surface area contributed by atoms with Crippen molar-refractivity contribution in [1.82, 2.24) is 20.2 Å². The first-order valence-corrected chi connectivity index (χ1v) is 9.37. The Hall–Kier alpha value is -2.05. The molecule has 7 nitrogen and oxygen atoms in total. The molecule has 1 aromatic heterocycles. The average molecular weight is 423 g/mol. The summed E-state index contributed by atoms with van der Waals surface area (Å²) in [4.78, 5) is 12.1. The molecule has 25 heavy (non-hydrogen) atoms. The number of nitriles is 1. The van der Waals surface area contributed by atoms with E-state index in [9.17, 15) is 10.1 Å². The Labute approximate surface area is 159 Å². The summed E-state index contributed by atoms with van der Waals surface area (Å²) in [6.45, 7) is 5.48. The molecule has 2 aromatic rings. The maximum atomic E-state index is 12.1. The Balaban J connectivity index is 2.07. The van der Waals surface area contributed by atoms with Gasteiger partial charge in [0.15, 0.2) is 5.82 Å². The lowest BCUT2D eigenvalue weighted by atomic mass is 9.90. The zero-order chi connectivity index (χ0) is 18.6. The lowest BCUT2D eigenvalue weighted by Gasteiger charge is -2.27. The molecule has 0 radical (unpaired) electrons. The van der Waals surface area contributed by atoms with Crippen LogP contribution >= 0.6 is 27.7 Å². The zero-order valence-electron chi connectivity index (χ0n) is 14.2. The predicted molar refractivity (Wildman–Crippen MR) is 101 cm³/mol. The van der Waals surface area contributed by atoms with Gasteiger partial charge in [-0.15, -0.1) is 10.2 Å². The quantitative estimate of drug-likeness (QED) is 0.546. The third-order valence-electron chi connectivity index (χ3n) is 3.90. The van der Waals surface area contributed by atoms with Crippen LogP contribution in [0.25, 0.3) is 11.4 Å². The Morgan fingerprint density at radius 3 is 2.76 bits per heavy atom. The van der Waals surface area contributed by atoms with Gasteiger partial charge < -0.3 is 11.2 Å². The van der Waals surface area contributed by atoms with Gasteiger partial charge in [0, 0.05) is 10.0 Å². The molecule has 1 amide bonds. The van der Waals surface area contributed by atoms with Crippen molar-refractivity contribution in [2.45, 2.75) is 31.5 Å². The van der Waals surface area contributed by atoms with Gasteiger partial charge in [-0.25, -0.2) is 4.68 Å². The number of carbonyl (C=O) groups excluding carboxylic acids is 1. The smallest absolute Gasteiger partial charge is 0.231 e. The number of nitrogens with zero attached hydrogens (tertiary/aromatic N) is 4. The first-order valence-electron chi connectivity index (χ1n) is 7.59. The van der Waals surface area contributed by atoms with Crippen LogP contribution in [0.2, 0.25) is 0 Å². The summed E-state index contributed by atoms with van der Waals surface area (Å²) < 4.78 is 2.20. The van der Waals surface area contributed by atoms with Gasteiger partial charge in [-0.3, -0.25) is 4.79 Å². The molecular formula is C16H19BrN6OS. The average Bonchev–Trinajstić information content (AvgIpc) is 2.94. The second kappa shape index (κ2) is 7.89. The van der Waals surface area contributed by atoms with E-state index in [0.29, 0.717) is 11.0 Å². The first kappa shape index (κ1) is 19.3. The van der Waals surface area contributed by atoms with Crippen molar-refractivity contribution >= 4 is 33.6 Å². The third kappa shape index (κ3) is 4.32. The summed E-state index contributed by atoms with van der Waals surface area (Å²) >= 11 is 4.62. The number of hydrogen-bond acceptors (Lipinski definition) is 6. The molecule has 0 bridgehead atoms.